The van der Waals surface area contributed by atoms with E-state index < -0.39 is 9.84 Å². The second-order valence-corrected chi connectivity index (χ2v) is 7.02. The van der Waals surface area contributed by atoms with Crippen LogP contribution in [-0.4, -0.2) is 21.8 Å². The Kier molecular flexibility index (Phi) is 3.96. The molecule has 0 saturated heterocycles. The molecule has 0 fully saturated rings. The zero-order valence-electron chi connectivity index (χ0n) is 10.6. The highest BCUT2D eigenvalue weighted by Crippen LogP contribution is 2.31. The summed E-state index contributed by atoms with van der Waals surface area (Å²) in [6.45, 7) is 0. The van der Waals surface area contributed by atoms with Crippen molar-refractivity contribution in [2.45, 2.75) is 4.90 Å². The Hall–Kier alpha value is -1.33. The lowest BCUT2D eigenvalue weighted by atomic mass is 10.1. The van der Waals surface area contributed by atoms with Gasteiger partial charge in [-0.05, 0) is 51.3 Å². The lowest BCUT2D eigenvalue weighted by Crippen LogP contribution is -1.96. The first-order chi connectivity index (χ1) is 8.91. The van der Waals surface area contributed by atoms with Crippen molar-refractivity contribution in [3.63, 3.8) is 0 Å². The average Bonchev–Trinajstić information content (AvgIpc) is 2.38. The largest absolute Gasteiger partial charge is 0.496 e. The van der Waals surface area contributed by atoms with Crippen LogP contribution in [0.3, 0.4) is 0 Å². The van der Waals surface area contributed by atoms with Crippen LogP contribution in [0.1, 0.15) is 0 Å². The van der Waals surface area contributed by atoms with Crippen LogP contribution in [-0.2, 0) is 9.84 Å². The van der Waals surface area contributed by atoms with Crippen molar-refractivity contribution in [2.24, 2.45) is 0 Å². The van der Waals surface area contributed by atoms with Crippen LogP contribution in [0.25, 0.3) is 11.1 Å². The van der Waals surface area contributed by atoms with E-state index in [-0.39, 0.29) is 0 Å². The fourth-order valence-electron chi connectivity index (χ4n) is 1.73. The molecule has 0 unspecified atom stereocenters. The molecule has 100 valence electrons. The van der Waals surface area contributed by atoms with E-state index in [4.69, 9.17) is 4.74 Å². The number of halogens is 1. The van der Waals surface area contributed by atoms with E-state index in [0.29, 0.717) is 4.90 Å². The second kappa shape index (κ2) is 5.35. The van der Waals surface area contributed by atoms with Gasteiger partial charge in [-0.15, -0.1) is 0 Å². The molecule has 0 atom stereocenters. The van der Waals surface area contributed by atoms with E-state index >= 15 is 0 Å². The van der Waals surface area contributed by atoms with Crippen LogP contribution in [0.15, 0.2) is 51.8 Å². The van der Waals surface area contributed by atoms with Crippen LogP contribution >= 0.6 is 15.9 Å². The van der Waals surface area contributed by atoms with Gasteiger partial charge in [-0.3, -0.25) is 0 Å². The Morgan fingerprint density at radius 3 is 2.11 bits per heavy atom. The van der Waals surface area contributed by atoms with Crippen molar-refractivity contribution in [2.75, 3.05) is 13.4 Å². The molecule has 0 N–H and O–H groups in total. The Morgan fingerprint density at radius 1 is 1.00 bits per heavy atom. The molecule has 0 saturated carbocycles. The molecular weight excluding hydrogens is 328 g/mol. The third kappa shape index (κ3) is 3.16. The summed E-state index contributed by atoms with van der Waals surface area (Å²) in [6.07, 6.45) is 1.20. The van der Waals surface area contributed by atoms with Gasteiger partial charge in [0.2, 0.25) is 0 Å². The first kappa shape index (κ1) is 14.1. The minimum Gasteiger partial charge on any atom is -0.496 e. The predicted octanol–water partition coefficient (Wildman–Crippen LogP) is 3.53. The molecule has 2 aromatic carbocycles. The Morgan fingerprint density at radius 2 is 1.58 bits per heavy atom. The van der Waals surface area contributed by atoms with Gasteiger partial charge in [0, 0.05) is 6.26 Å². The van der Waals surface area contributed by atoms with Crippen molar-refractivity contribution in [1.82, 2.24) is 0 Å². The van der Waals surface area contributed by atoms with Crippen molar-refractivity contribution in [3.05, 3.63) is 46.9 Å². The first-order valence-corrected chi connectivity index (χ1v) is 8.24. The van der Waals surface area contributed by atoms with E-state index in [9.17, 15) is 8.42 Å². The number of methoxy groups -OCH3 is 1. The zero-order chi connectivity index (χ0) is 14.0. The quantitative estimate of drug-likeness (QED) is 0.858. The van der Waals surface area contributed by atoms with E-state index in [0.717, 1.165) is 21.3 Å². The second-order valence-electron chi connectivity index (χ2n) is 4.15. The fraction of sp³-hybridized carbons (Fsp3) is 0.143. The van der Waals surface area contributed by atoms with E-state index in [1.807, 2.05) is 18.2 Å². The molecule has 0 aliphatic carbocycles. The van der Waals surface area contributed by atoms with E-state index in [1.165, 1.54) is 6.26 Å². The van der Waals surface area contributed by atoms with Gasteiger partial charge in [0.05, 0.1) is 16.5 Å². The Bertz CT molecular complexity index is 691. The van der Waals surface area contributed by atoms with Crippen LogP contribution < -0.4 is 4.74 Å². The summed E-state index contributed by atoms with van der Waals surface area (Å²) in [5.41, 5.74) is 1.92. The predicted molar refractivity (Wildman–Crippen MR) is 79.2 cm³/mol. The van der Waals surface area contributed by atoms with Crippen LogP contribution in [0.5, 0.6) is 5.75 Å². The monoisotopic (exact) mass is 340 g/mol. The lowest BCUT2D eigenvalue weighted by molar-refractivity contribution is 0.412. The Labute approximate surface area is 121 Å². The van der Waals surface area contributed by atoms with Crippen molar-refractivity contribution in [1.29, 1.82) is 0 Å². The first-order valence-electron chi connectivity index (χ1n) is 5.56. The van der Waals surface area contributed by atoms with Crippen molar-refractivity contribution < 1.29 is 13.2 Å². The Balaban J connectivity index is 2.43. The molecule has 0 bridgehead atoms. The summed E-state index contributed by atoms with van der Waals surface area (Å²) in [5, 5.41) is 0. The third-order valence-electron chi connectivity index (χ3n) is 2.77. The number of ether oxygens (including phenoxy) is 1. The summed E-state index contributed by atoms with van der Waals surface area (Å²) in [7, 11) is -1.55. The molecular formula is C14H13BrO3S. The standard InChI is InChI=1S/C14H13BrO3S/c1-18-14-9-11(5-8-13(14)15)10-3-6-12(7-4-10)19(2,16)17/h3-9H,1-2H3. The van der Waals surface area contributed by atoms with Gasteiger partial charge in [-0.2, -0.15) is 0 Å². The average molecular weight is 341 g/mol. The highest BCUT2D eigenvalue weighted by Gasteiger charge is 2.08. The molecule has 3 nitrogen and oxygen atoms in total. The molecule has 2 aromatic rings. The maximum absolute atomic E-state index is 11.4. The smallest absolute Gasteiger partial charge is 0.175 e. The van der Waals surface area contributed by atoms with Crippen LogP contribution in [0.2, 0.25) is 0 Å². The van der Waals surface area contributed by atoms with Crippen LogP contribution in [0, 0.1) is 0 Å². The number of hydrogen-bond donors (Lipinski definition) is 0. The lowest BCUT2D eigenvalue weighted by Gasteiger charge is -2.07. The molecule has 0 amide bonds. The molecule has 0 aliphatic heterocycles. The van der Waals surface area contributed by atoms with Gasteiger partial charge in [0.15, 0.2) is 9.84 Å². The number of rotatable bonds is 3. The van der Waals surface area contributed by atoms with Gasteiger partial charge < -0.3 is 4.74 Å². The number of benzene rings is 2. The molecule has 2 rings (SSSR count). The number of hydrogen-bond acceptors (Lipinski definition) is 3. The zero-order valence-corrected chi connectivity index (χ0v) is 13.0. The minimum absolute atomic E-state index is 0.320. The maximum Gasteiger partial charge on any atom is 0.175 e. The van der Waals surface area contributed by atoms with E-state index in [2.05, 4.69) is 15.9 Å². The molecule has 5 heteroatoms. The maximum atomic E-state index is 11.4. The van der Waals surface area contributed by atoms with Gasteiger partial charge in [0.1, 0.15) is 5.75 Å². The van der Waals surface area contributed by atoms with Gasteiger partial charge in [0.25, 0.3) is 0 Å². The highest BCUT2D eigenvalue weighted by atomic mass is 79.9. The summed E-state index contributed by atoms with van der Waals surface area (Å²) in [6, 6.07) is 12.6. The summed E-state index contributed by atoms with van der Waals surface area (Å²) in [4.78, 5) is 0.320. The molecule has 0 heterocycles. The molecule has 0 radical (unpaired) electrons. The fourth-order valence-corrected chi connectivity index (χ4v) is 2.77. The molecule has 0 aromatic heterocycles. The summed E-state index contributed by atoms with van der Waals surface area (Å²) < 4.78 is 28.9. The highest BCUT2D eigenvalue weighted by molar-refractivity contribution is 9.10. The van der Waals surface area contributed by atoms with Gasteiger partial charge >= 0.3 is 0 Å². The van der Waals surface area contributed by atoms with Crippen molar-refractivity contribution in [3.8, 4) is 16.9 Å². The molecule has 19 heavy (non-hydrogen) atoms. The SMILES string of the molecule is COc1cc(-c2ccc(S(C)(=O)=O)cc2)ccc1Br. The molecule has 0 spiro atoms. The third-order valence-corrected chi connectivity index (χ3v) is 4.55. The summed E-state index contributed by atoms with van der Waals surface area (Å²) >= 11 is 3.40. The normalized spacial score (nSPS) is 11.3. The number of sulfone groups is 1. The molecule has 0 aliphatic rings. The van der Waals surface area contributed by atoms with Crippen LogP contribution in [0.4, 0.5) is 0 Å². The summed E-state index contributed by atoms with van der Waals surface area (Å²) in [5.74, 6) is 0.740. The minimum atomic E-state index is -3.15. The van der Waals surface area contributed by atoms with Crippen molar-refractivity contribution >= 4 is 25.8 Å². The topological polar surface area (TPSA) is 43.4 Å². The van der Waals surface area contributed by atoms with E-state index in [1.54, 1.807) is 31.4 Å². The van der Waals surface area contributed by atoms with Gasteiger partial charge in [-0.1, -0.05) is 18.2 Å². The van der Waals surface area contributed by atoms with Gasteiger partial charge in [-0.25, -0.2) is 8.42 Å².